The molecule has 0 aromatic rings. The van der Waals surface area contributed by atoms with Crippen LogP contribution in [0.15, 0.2) is 0 Å². The van der Waals surface area contributed by atoms with E-state index in [1.54, 1.807) is 0 Å². The summed E-state index contributed by atoms with van der Waals surface area (Å²) in [6.07, 6.45) is 7.31. The summed E-state index contributed by atoms with van der Waals surface area (Å²) in [6, 6.07) is 2.19. The molecule has 0 amide bonds. The van der Waals surface area contributed by atoms with Gasteiger partial charge >= 0.3 is 0 Å². The lowest BCUT2D eigenvalue weighted by Crippen LogP contribution is -2.53. The van der Waals surface area contributed by atoms with Crippen LogP contribution in [-0.4, -0.2) is 47.3 Å². The fraction of sp³-hybridized carbons (Fsp3) is 1.00. The Balaban J connectivity index is 1.70. The van der Waals surface area contributed by atoms with Crippen LogP contribution >= 0.6 is 0 Å². The lowest BCUT2D eigenvalue weighted by molar-refractivity contribution is 0.00266. The van der Waals surface area contributed by atoms with E-state index in [-0.39, 0.29) is 6.10 Å². The molecule has 0 saturated carbocycles. The molecule has 3 heterocycles. The highest BCUT2D eigenvalue weighted by Gasteiger charge is 2.43. The molecule has 0 aliphatic carbocycles. The molecule has 3 fully saturated rings. The summed E-state index contributed by atoms with van der Waals surface area (Å²) in [7, 11) is 0. The summed E-state index contributed by atoms with van der Waals surface area (Å²) >= 11 is 0. The first-order valence-corrected chi connectivity index (χ1v) is 6.51. The highest BCUT2D eigenvalue weighted by molar-refractivity contribution is 4.98. The summed E-state index contributed by atoms with van der Waals surface area (Å²) in [5, 5.41) is 13.2. The van der Waals surface area contributed by atoms with E-state index >= 15 is 0 Å². The molecule has 3 aliphatic heterocycles. The first-order chi connectivity index (χ1) is 7.34. The van der Waals surface area contributed by atoms with Crippen molar-refractivity contribution < 1.29 is 5.11 Å². The van der Waals surface area contributed by atoms with E-state index in [0.29, 0.717) is 12.1 Å². The highest BCUT2D eigenvalue weighted by atomic mass is 16.3. The van der Waals surface area contributed by atoms with E-state index in [2.05, 4.69) is 10.2 Å². The van der Waals surface area contributed by atoms with Crippen molar-refractivity contribution in [2.45, 2.75) is 62.8 Å². The number of aliphatic hydroxyl groups is 1. The van der Waals surface area contributed by atoms with Gasteiger partial charge in [-0.3, -0.25) is 4.90 Å². The van der Waals surface area contributed by atoms with Crippen LogP contribution in [0.1, 0.15) is 38.5 Å². The van der Waals surface area contributed by atoms with Gasteiger partial charge < -0.3 is 10.4 Å². The van der Waals surface area contributed by atoms with Crippen LogP contribution in [0, 0.1) is 0 Å². The van der Waals surface area contributed by atoms with Gasteiger partial charge in [0, 0.05) is 18.1 Å². The maximum absolute atomic E-state index is 9.77. The van der Waals surface area contributed by atoms with Crippen LogP contribution in [0.25, 0.3) is 0 Å². The molecular formula is C12H22N2O. The Kier molecular flexibility index (Phi) is 2.71. The van der Waals surface area contributed by atoms with Crippen LogP contribution in [0.5, 0.6) is 0 Å². The fourth-order valence-electron chi connectivity index (χ4n) is 3.89. The van der Waals surface area contributed by atoms with Crippen LogP contribution in [-0.2, 0) is 0 Å². The van der Waals surface area contributed by atoms with Crippen LogP contribution < -0.4 is 5.32 Å². The molecule has 3 atom stereocenters. The molecule has 0 spiro atoms. The van der Waals surface area contributed by atoms with Gasteiger partial charge in [-0.25, -0.2) is 0 Å². The number of hydrogen-bond donors (Lipinski definition) is 2. The Labute approximate surface area is 91.8 Å². The number of piperidine rings is 2. The zero-order chi connectivity index (χ0) is 10.3. The molecule has 3 nitrogen and oxygen atoms in total. The number of fused-ring (bicyclic) bond motifs is 2. The lowest BCUT2D eigenvalue weighted by Gasteiger charge is -2.44. The molecular weight excluding hydrogens is 188 g/mol. The van der Waals surface area contributed by atoms with E-state index < -0.39 is 0 Å². The van der Waals surface area contributed by atoms with Crippen LogP contribution in [0.2, 0.25) is 0 Å². The van der Waals surface area contributed by atoms with Gasteiger partial charge in [-0.05, 0) is 51.6 Å². The van der Waals surface area contributed by atoms with Crippen molar-refractivity contribution in [2.24, 2.45) is 0 Å². The molecule has 3 heteroatoms. The number of rotatable bonds is 1. The Morgan fingerprint density at radius 2 is 1.47 bits per heavy atom. The van der Waals surface area contributed by atoms with Gasteiger partial charge in [0.05, 0.1) is 6.10 Å². The second-order valence-corrected chi connectivity index (χ2v) is 5.44. The quantitative estimate of drug-likeness (QED) is 0.669. The largest absolute Gasteiger partial charge is 0.393 e. The molecule has 86 valence electrons. The highest BCUT2D eigenvalue weighted by Crippen LogP contribution is 2.38. The van der Waals surface area contributed by atoms with Crippen molar-refractivity contribution >= 4 is 0 Å². The summed E-state index contributed by atoms with van der Waals surface area (Å²) < 4.78 is 0. The Morgan fingerprint density at radius 3 is 2.07 bits per heavy atom. The van der Waals surface area contributed by atoms with Crippen LogP contribution in [0.4, 0.5) is 0 Å². The Hall–Kier alpha value is -0.120. The zero-order valence-electron chi connectivity index (χ0n) is 9.36. The van der Waals surface area contributed by atoms with Crippen LogP contribution in [0.3, 0.4) is 0 Å². The van der Waals surface area contributed by atoms with E-state index in [0.717, 1.165) is 18.9 Å². The van der Waals surface area contributed by atoms with Crippen molar-refractivity contribution in [3.8, 4) is 0 Å². The smallest absolute Gasteiger partial charge is 0.0570 e. The van der Waals surface area contributed by atoms with Gasteiger partial charge in [-0.2, -0.15) is 0 Å². The molecule has 0 radical (unpaired) electrons. The Morgan fingerprint density at radius 1 is 0.867 bits per heavy atom. The molecule has 2 bridgehead atoms. The first-order valence-electron chi connectivity index (χ1n) is 6.51. The van der Waals surface area contributed by atoms with Crippen molar-refractivity contribution in [3.05, 3.63) is 0 Å². The third-order valence-corrected chi connectivity index (χ3v) is 4.50. The number of nitrogens with one attached hydrogen (secondary N) is 1. The van der Waals surface area contributed by atoms with Crippen molar-refractivity contribution in [1.29, 1.82) is 0 Å². The second kappa shape index (κ2) is 4.04. The average Bonchev–Trinajstić information content (AvgIpc) is 2.53. The van der Waals surface area contributed by atoms with E-state index in [1.807, 2.05) is 0 Å². The van der Waals surface area contributed by atoms with Crippen molar-refractivity contribution in [2.75, 3.05) is 13.1 Å². The predicted octanol–water partition coefficient (Wildman–Crippen LogP) is 0.726. The SMILES string of the molecule is OC1C[C@H]2CC[C@@H](C1)N2C1CCNCC1. The lowest BCUT2D eigenvalue weighted by atomic mass is 9.94. The van der Waals surface area contributed by atoms with Gasteiger partial charge in [0.2, 0.25) is 0 Å². The molecule has 15 heavy (non-hydrogen) atoms. The minimum atomic E-state index is -0.0135. The van der Waals surface area contributed by atoms with Gasteiger partial charge in [0.15, 0.2) is 0 Å². The molecule has 0 aromatic carbocycles. The average molecular weight is 210 g/mol. The maximum Gasteiger partial charge on any atom is 0.0570 e. The third-order valence-electron chi connectivity index (χ3n) is 4.50. The number of aliphatic hydroxyl groups excluding tert-OH is 1. The minimum absolute atomic E-state index is 0.0135. The molecule has 3 aliphatic rings. The first kappa shape index (κ1) is 10.1. The minimum Gasteiger partial charge on any atom is -0.393 e. The van der Waals surface area contributed by atoms with Crippen molar-refractivity contribution in [3.63, 3.8) is 0 Å². The van der Waals surface area contributed by atoms with E-state index in [9.17, 15) is 5.11 Å². The molecule has 3 rings (SSSR count). The van der Waals surface area contributed by atoms with Gasteiger partial charge in [0.1, 0.15) is 0 Å². The second-order valence-electron chi connectivity index (χ2n) is 5.44. The predicted molar refractivity (Wildman–Crippen MR) is 59.8 cm³/mol. The summed E-state index contributed by atoms with van der Waals surface area (Å²) in [5.74, 6) is 0. The number of hydrogen-bond acceptors (Lipinski definition) is 3. The van der Waals surface area contributed by atoms with E-state index in [4.69, 9.17) is 0 Å². The van der Waals surface area contributed by atoms with E-state index in [1.165, 1.54) is 38.8 Å². The number of nitrogens with zero attached hydrogens (tertiary/aromatic N) is 1. The molecule has 3 saturated heterocycles. The summed E-state index contributed by atoms with van der Waals surface area (Å²) in [4.78, 5) is 2.76. The standard InChI is InChI=1S/C12H22N2O/c15-12-7-10-1-2-11(8-12)14(10)9-3-5-13-6-4-9/h9-13,15H,1-8H2/t10-,11+,12?. The zero-order valence-corrected chi connectivity index (χ0v) is 9.36. The normalized spacial score (nSPS) is 43.4. The van der Waals surface area contributed by atoms with Gasteiger partial charge in [-0.15, -0.1) is 0 Å². The topological polar surface area (TPSA) is 35.5 Å². The van der Waals surface area contributed by atoms with Gasteiger partial charge in [-0.1, -0.05) is 0 Å². The monoisotopic (exact) mass is 210 g/mol. The molecule has 1 unspecified atom stereocenters. The molecule has 2 N–H and O–H groups in total. The fourth-order valence-corrected chi connectivity index (χ4v) is 3.89. The van der Waals surface area contributed by atoms with Crippen molar-refractivity contribution in [1.82, 2.24) is 10.2 Å². The molecule has 0 aromatic heterocycles. The third kappa shape index (κ3) is 1.81. The maximum atomic E-state index is 9.77. The van der Waals surface area contributed by atoms with Gasteiger partial charge in [0.25, 0.3) is 0 Å². The Bertz CT molecular complexity index is 214. The summed E-state index contributed by atoms with van der Waals surface area (Å²) in [5.41, 5.74) is 0. The summed E-state index contributed by atoms with van der Waals surface area (Å²) in [6.45, 7) is 2.37.